The lowest BCUT2D eigenvalue weighted by Gasteiger charge is -2.36. The molecular weight excluding hydrogens is 308 g/mol. The van der Waals surface area contributed by atoms with Gasteiger partial charge in [0.2, 0.25) is 0 Å². The molecule has 0 saturated carbocycles. The highest BCUT2D eigenvalue weighted by Crippen LogP contribution is 2.22. The van der Waals surface area contributed by atoms with Crippen LogP contribution in [0.2, 0.25) is 0 Å². The van der Waals surface area contributed by atoms with E-state index in [4.69, 9.17) is 0 Å². The van der Waals surface area contributed by atoms with Crippen molar-refractivity contribution in [1.82, 2.24) is 19.3 Å². The molecule has 3 rings (SSSR count). The summed E-state index contributed by atoms with van der Waals surface area (Å²) in [4.78, 5) is 29.7. The van der Waals surface area contributed by atoms with Gasteiger partial charge in [-0.2, -0.15) is 5.10 Å². The van der Waals surface area contributed by atoms with Crippen molar-refractivity contribution >= 4 is 11.6 Å². The van der Waals surface area contributed by atoms with Gasteiger partial charge in [-0.15, -0.1) is 0 Å². The molecule has 1 aliphatic rings. The molecule has 0 aliphatic carbocycles. The second-order valence-corrected chi connectivity index (χ2v) is 6.10. The maximum absolute atomic E-state index is 11.7. The van der Waals surface area contributed by atoms with Gasteiger partial charge in [0.25, 0.3) is 11.1 Å². The minimum Gasteiger partial charge on any atom is -0.368 e. The molecule has 0 amide bonds. The Morgan fingerprint density at radius 3 is 2.79 bits per heavy atom. The smallest absolute Gasteiger partial charge is 0.266 e. The predicted molar refractivity (Wildman–Crippen MR) is 92.4 cm³/mol. The van der Waals surface area contributed by atoms with Crippen molar-refractivity contribution in [2.75, 3.05) is 23.3 Å². The quantitative estimate of drug-likeness (QED) is 0.870. The average Bonchev–Trinajstić information content (AvgIpc) is 2.59. The van der Waals surface area contributed by atoms with E-state index in [-0.39, 0.29) is 17.2 Å². The molecule has 1 saturated heterocycles. The van der Waals surface area contributed by atoms with Crippen LogP contribution < -0.4 is 21.3 Å². The number of piperidine rings is 1. The standard InChI is InChI=1S/C16H22N6O2/c1-20-11-18-13(9-16(20)24)17-10-12-5-3-4-8-22(12)14-6-7-15(23)21(2)19-14/h6-7,9,11-12,17H,3-5,8,10H2,1-2H3. The molecule has 0 radical (unpaired) electrons. The molecule has 1 fully saturated rings. The summed E-state index contributed by atoms with van der Waals surface area (Å²) in [6, 6.07) is 5.06. The van der Waals surface area contributed by atoms with Crippen molar-refractivity contribution in [2.45, 2.75) is 25.3 Å². The lowest BCUT2D eigenvalue weighted by molar-refractivity contribution is 0.464. The lowest BCUT2D eigenvalue weighted by atomic mass is 10.0. The molecule has 128 valence electrons. The minimum atomic E-state index is -0.116. The van der Waals surface area contributed by atoms with Crippen LogP contribution in [0.25, 0.3) is 0 Å². The van der Waals surface area contributed by atoms with Crippen LogP contribution in [0.5, 0.6) is 0 Å². The fourth-order valence-corrected chi connectivity index (χ4v) is 2.94. The molecule has 0 bridgehead atoms. The minimum absolute atomic E-state index is 0.0901. The van der Waals surface area contributed by atoms with Crippen molar-refractivity contribution in [3.63, 3.8) is 0 Å². The van der Waals surface area contributed by atoms with Crippen molar-refractivity contribution in [2.24, 2.45) is 14.1 Å². The number of anilines is 2. The highest BCUT2D eigenvalue weighted by molar-refractivity contribution is 5.40. The third kappa shape index (κ3) is 3.47. The summed E-state index contributed by atoms with van der Waals surface area (Å²) in [6.07, 6.45) is 4.80. The Hall–Kier alpha value is -2.64. The van der Waals surface area contributed by atoms with Gasteiger partial charge in [-0.25, -0.2) is 9.67 Å². The summed E-state index contributed by atoms with van der Waals surface area (Å²) in [5.74, 6) is 1.39. The molecule has 24 heavy (non-hydrogen) atoms. The summed E-state index contributed by atoms with van der Waals surface area (Å²) in [5, 5.41) is 7.61. The fourth-order valence-electron chi connectivity index (χ4n) is 2.94. The Labute approximate surface area is 139 Å². The van der Waals surface area contributed by atoms with Gasteiger partial charge in [0.05, 0.1) is 6.33 Å². The third-order valence-corrected chi connectivity index (χ3v) is 4.36. The van der Waals surface area contributed by atoms with E-state index >= 15 is 0 Å². The van der Waals surface area contributed by atoms with E-state index in [0.29, 0.717) is 12.4 Å². The van der Waals surface area contributed by atoms with Gasteiger partial charge < -0.3 is 14.8 Å². The first-order valence-electron chi connectivity index (χ1n) is 8.12. The number of hydrogen-bond acceptors (Lipinski definition) is 6. The second kappa shape index (κ2) is 6.86. The van der Waals surface area contributed by atoms with Crippen LogP contribution >= 0.6 is 0 Å². The Bertz CT molecular complexity index is 828. The number of aryl methyl sites for hydroxylation is 2. The lowest BCUT2D eigenvalue weighted by Crippen LogP contribution is -2.45. The van der Waals surface area contributed by atoms with Gasteiger partial charge in [-0.05, 0) is 25.3 Å². The summed E-state index contributed by atoms with van der Waals surface area (Å²) in [7, 11) is 3.33. The zero-order valence-corrected chi connectivity index (χ0v) is 14.0. The molecule has 8 heteroatoms. The summed E-state index contributed by atoms with van der Waals surface area (Å²) in [6.45, 7) is 1.58. The Kier molecular flexibility index (Phi) is 4.64. The van der Waals surface area contributed by atoms with Crippen molar-refractivity contribution in [3.05, 3.63) is 45.2 Å². The van der Waals surface area contributed by atoms with E-state index < -0.39 is 0 Å². The van der Waals surface area contributed by atoms with E-state index in [1.807, 2.05) is 0 Å². The Morgan fingerprint density at radius 2 is 2.04 bits per heavy atom. The molecule has 1 aliphatic heterocycles. The normalized spacial score (nSPS) is 17.8. The Morgan fingerprint density at radius 1 is 1.21 bits per heavy atom. The van der Waals surface area contributed by atoms with Crippen LogP contribution in [-0.2, 0) is 14.1 Å². The fraction of sp³-hybridized carbons (Fsp3) is 0.500. The first-order chi connectivity index (χ1) is 11.5. The monoisotopic (exact) mass is 330 g/mol. The van der Waals surface area contributed by atoms with Gasteiger partial charge in [0.15, 0.2) is 0 Å². The molecule has 1 atom stereocenters. The maximum Gasteiger partial charge on any atom is 0.266 e. The molecule has 3 heterocycles. The molecule has 1 unspecified atom stereocenters. The van der Waals surface area contributed by atoms with Gasteiger partial charge >= 0.3 is 0 Å². The molecule has 0 aromatic carbocycles. The summed E-state index contributed by atoms with van der Waals surface area (Å²) >= 11 is 0. The van der Waals surface area contributed by atoms with E-state index in [1.165, 1.54) is 21.6 Å². The van der Waals surface area contributed by atoms with Crippen molar-refractivity contribution in [3.8, 4) is 0 Å². The van der Waals surface area contributed by atoms with Crippen molar-refractivity contribution < 1.29 is 0 Å². The van der Waals surface area contributed by atoms with E-state index in [9.17, 15) is 9.59 Å². The first kappa shape index (κ1) is 16.2. The number of nitrogens with zero attached hydrogens (tertiary/aromatic N) is 5. The summed E-state index contributed by atoms with van der Waals surface area (Å²) < 4.78 is 2.80. The van der Waals surface area contributed by atoms with Crippen LogP contribution in [0.1, 0.15) is 19.3 Å². The topological polar surface area (TPSA) is 85.1 Å². The van der Waals surface area contributed by atoms with E-state index in [2.05, 4.69) is 20.3 Å². The predicted octanol–water partition coefficient (Wildman–Crippen LogP) is 0.345. The summed E-state index contributed by atoms with van der Waals surface area (Å²) in [5.41, 5.74) is -0.206. The highest BCUT2D eigenvalue weighted by atomic mass is 16.1. The number of aromatic nitrogens is 4. The van der Waals surface area contributed by atoms with Crippen LogP contribution in [-0.4, -0.2) is 38.5 Å². The zero-order valence-electron chi connectivity index (χ0n) is 14.0. The number of nitrogens with one attached hydrogen (secondary N) is 1. The highest BCUT2D eigenvalue weighted by Gasteiger charge is 2.24. The van der Waals surface area contributed by atoms with Crippen LogP contribution in [0.3, 0.4) is 0 Å². The van der Waals surface area contributed by atoms with E-state index in [1.54, 1.807) is 26.2 Å². The van der Waals surface area contributed by atoms with Crippen molar-refractivity contribution in [1.29, 1.82) is 0 Å². The maximum atomic E-state index is 11.7. The van der Waals surface area contributed by atoms with Crippen LogP contribution in [0, 0.1) is 0 Å². The van der Waals surface area contributed by atoms with Gasteiger partial charge in [0, 0.05) is 45.4 Å². The molecule has 2 aromatic heterocycles. The van der Waals surface area contributed by atoms with E-state index in [0.717, 1.165) is 31.6 Å². The largest absolute Gasteiger partial charge is 0.368 e. The van der Waals surface area contributed by atoms with Crippen LogP contribution in [0.15, 0.2) is 34.1 Å². The van der Waals surface area contributed by atoms with Crippen LogP contribution in [0.4, 0.5) is 11.6 Å². The average molecular weight is 330 g/mol. The SMILES string of the molecule is Cn1cnc(NCC2CCCCN2c2ccc(=O)n(C)n2)cc1=O. The number of rotatable bonds is 4. The number of hydrogen-bond donors (Lipinski definition) is 1. The van der Waals surface area contributed by atoms with Gasteiger partial charge in [-0.1, -0.05) is 0 Å². The molecule has 2 aromatic rings. The zero-order chi connectivity index (χ0) is 17.1. The molecule has 8 nitrogen and oxygen atoms in total. The molecule has 1 N–H and O–H groups in total. The van der Waals surface area contributed by atoms with Gasteiger partial charge in [-0.3, -0.25) is 9.59 Å². The molecule has 0 spiro atoms. The third-order valence-electron chi connectivity index (χ3n) is 4.36. The first-order valence-corrected chi connectivity index (χ1v) is 8.12. The van der Waals surface area contributed by atoms with Gasteiger partial charge in [0.1, 0.15) is 11.6 Å². The Balaban J connectivity index is 1.74. The second-order valence-electron chi connectivity index (χ2n) is 6.10. The molecular formula is C16H22N6O2.